The average molecular weight is 252 g/mol. The summed E-state index contributed by atoms with van der Waals surface area (Å²) in [7, 11) is 0. The Kier molecular flexibility index (Phi) is 2.63. The van der Waals surface area contributed by atoms with Gasteiger partial charge in [0.25, 0.3) is 0 Å². The lowest BCUT2D eigenvalue weighted by Crippen LogP contribution is -1.99. The first kappa shape index (κ1) is 9.40. The van der Waals surface area contributed by atoms with Crippen molar-refractivity contribution in [1.82, 2.24) is 15.0 Å². The van der Waals surface area contributed by atoms with Crippen molar-refractivity contribution < 1.29 is 0 Å². The van der Waals surface area contributed by atoms with Crippen LogP contribution in [0.4, 0.5) is 0 Å². The summed E-state index contributed by atoms with van der Waals surface area (Å²) in [5, 5.41) is 8.15. The number of alkyl halides is 1. The van der Waals surface area contributed by atoms with Gasteiger partial charge in [-0.15, -0.1) is 0 Å². The topological polar surface area (TPSA) is 30.7 Å². The van der Waals surface area contributed by atoms with E-state index in [2.05, 4.69) is 45.2 Å². The van der Waals surface area contributed by atoms with Gasteiger partial charge in [-0.1, -0.05) is 28.1 Å². The molecule has 1 aromatic carbocycles. The van der Waals surface area contributed by atoms with E-state index in [1.54, 1.807) is 17.2 Å². The van der Waals surface area contributed by atoms with Crippen LogP contribution in [-0.4, -0.2) is 15.0 Å². The number of nitrogens with zero attached hydrogens (tertiary/aromatic N) is 3. The van der Waals surface area contributed by atoms with Gasteiger partial charge in [0, 0.05) is 4.83 Å². The zero-order valence-corrected chi connectivity index (χ0v) is 9.35. The summed E-state index contributed by atoms with van der Waals surface area (Å²) < 4.78 is 0. The van der Waals surface area contributed by atoms with E-state index in [-0.39, 0.29) is 0 Å². The van der Waals surface area contributed by atoms with Gasteiger partial charge in [-0.05, 0) is 24.6 Å². The van der Waals surface area contributed by atoms with Gasteiger partial charge in [0.05, 0.1) is 18.1 Å². The Morgan fingerprint density at radius 2 is 2.00 bits per heavy atom. The van der Waals surface area contributed by atoms with Gasteiger partial charge in [0.2, 0.25) is 0 Å². The quantitative estimate of drug-likeness (QED) is 0.769. The molecule has 0 radical (unpaired) electrons. The molecule has 0 spiro atoms. The van der Waals surface area contributed by atoms with E-state index in [1.807, 2.05) is 12.1 Å². The lowest BCUT2D eigenvalue weighted by Gasteiger charge is -2.05. The van der Waals surface area contributed by atoms with Crippen LogP contribution in [0, 0.1) is 0 Å². The minimum Gasteiger partial charge on any atom is -0.157 e. The fourth-order valence-corrected chi connectivity index (χ4v) is 1.53. The highest BCUT2D eigenvalue weighted by Gasteiger charge is 2.03. The lowest BCUT2D eigenvalue weighted by atomic mass is 10.1. The van der Waals surface area contributed by atoms with E-state index in [1.165, 1.54) is 5.56 Å². The molecule has 0 saturated carbocycles. The van der Waals surface area contributed by atoms with Crippen LogP contribution in [-0.2, 0) is 0 Å². The highest BCUT2D eigenvalue weighted by molar-refractivity contribution is 9.09. The molecule has 0 amide bonds. The molecule has 0 aliphatic heterocycles. The molecule has 0 saturated heterocycles. The van der Waals surface area contributed by atoms with E-state index in [0.29, 0.717) is 4.83 Å². The molecule has 0 N–H and O–H groups in total. The predicted octanol–water partition coefficient (Wildman–Crippen LogP) is 2.72. The Hall–Kier alpha value is -1.16. The molecule has 0 fully saturated rings. The van der Waals surface area contributed by atoms with Crippen molar-refractivity contribution >= 4 is 15.9 Å². The second kappa shape index (κ2) is 3.92. The largest absolute Gasteiger partial charge is 0.157 e. The van der Waals surface area contributed by atoms with Crippen LogP contribution in [0.1, 0.15) is 17.3 Å². The molecule has 14 heavy (non-hydrogen) atoms. The van der Waals surface area contributed by atoms with Crippen molar-refractivity contribution in [3.05, 3.63) is 42.2 Å². The van der Waals surface area contributed by atoms with Crippen LogP contribution in [0.15, 0.2) is 36.7 Å². The van der Waals surface area contributed by atoms with Crippen LogP contribution in [0.5, 0.6) is 0 Å². The van der Waals surface area contributed by atoms with Crippen molar-refractivity contribution in [2.24, 2.45) is 0 Å². The molecule has 1 unspecified atom stereocenters. The second-order valence-electron chi connectivity index (χ2n) is 3.03. The smallest absolute Gasteiger partial charge is 0.0859 e. The Balaban J connectivity index is 2.41. The normalized spacial score (nSPS) is 12.7. The third-order valence-electron chi connectivity index (χ3n) is 1.98. The van der Waals surface area contributed by atoms with Gasteiger partial charge < -0.3 is 0 Å². The monoisotopic (exact) mass is 251 g/mol. The molecule has 3 nitrogen and oxygen atoms in total. The first-order valence-corrected chi connectivity index (χ1v) is 5.29. The Morgan fingerprint density at radius 3 is 2.64 bits per heavy atom. The fourth-order valence-electron chi connectivity index (χ4n) is 1.25. The third kappa shape index (κ3) is 1.85. The molecule has 1 aromatic heterocycles. The molecular weight excluding hydrogens is 242 g/mol. The Morgan fingerprint density at radius 1 is 1.29 bits per heavy atom. The highest BCUT2D eigenvalue weighted by Crippen LogP contribution is 2.22. The highest BCUT2D eigenvalue weighted by atomic mass is 79.9. The SMILES string of the molecule is CC(Br)c1cccc(-n2nccn2)c1. The standard InChI is InChI=1S/C10H10BrN3/c1-8(11)9-3-2-4-10(7-9)14-12-5-6-13-14/h2-8H,1H3. The van der Waals surface area contributed by atoms with Crippen LogP contribution in [0.2, 0.25) is 0 Å². The van der Waals surface area contributed by atoms with Crippen molar-refractivity contribution in [2.75, 3.05) is 0 Å². The minimum absolute atomic E-state index is 0.345. The van der Waals surface area contributed by atoms with E-state index in [9.17, 15) is 0 Å². The fraction of sp³-hybridized carbons (Fsp3) is 0.200. The zero-order valence-electron chi connectivity index (χ0n) is 7.76. The molecule has 1 atom stereocenters. The number of hydrogen-bond donors (Lipinski definition) is 0. The summed E-state index contributed by atoms with van der Waals surface area (Å²) >= 11 is 3.53. The number of hydrogen-bond acceptors (Lipinski definition) is 2. The molecule has 0 aliphatic carbocycles. The number of benzene rings is 1. The average Bonchev–Trinajstić information content (AvgIpc) is 2.71. The van der Waals surface area contributed by atoms with Crippen molar-refractivity contribution in [3.63, 3.8) is 0 Å². The molecule has 2 rings (SSSR count). The zero-order chi connectivity index (χ0) is 9.97. The Bertz CT molecular complexity index is 409. The molecule has 4 heteroatoms. The number of aromatic nitrogens is 3. The van der Waals surface area contributed by atoms with Gasteiger partial charge >= 0.3 is 0 Å². The van der Waals surface area contributed by atoms with Gasteiger partial charge in [-0.25, -0.2) is 0 Å². The third-order valence-corrected chi connectivity index (χ3v) is 2.51. The summed E-state index contributed by atoms with van der Waals surface area (Å²) in [6.07, 6.45) is 3.34. The molecule has 0 aliphatic rings. The number of rotatable bonds is 2. The maximum absolute atomic E-state index is 4.08. The molecule has 0 bridgehead atoms. The van der Waals surface area contributed by atoms with Gasteiger partial charge in [0.1, 0.15) is 0 Å². The molecule has 1 heterocycles. The van der Waals surface area contributed by atoms with Gasteiger partial charge in [-0.3, -0.25) is 0 Å². The summed E-state index contributed by atoms with van der Waals surface area (Å²) in [6.45, 7) is 2.09. The lowest BCUT2D eigenvalue weighted by molar-refractivity contribution is 0.750. The van der Waals surface area contributed by atoms with E-state index in [0.717, 1.165) is 5.69 Å². The summed E-state index contributed by atoms with van der Waals surface area (Å²) in [4.78, 5) is 1.96. The first-order chi connectivity index (χ1) is 6.77. The summed E-state index contributed by atoms with van der Waals surface area (Å²) in [5.41, 5.74) is 2.21. The maximum Gasteiger partial charge on any atom is 0.0859 e. The van der Waals surface area contributed by atoms with E-state index >= 15 is 0 Å². The summed E-state index contributed by atoms with van der Waals surface area (Å²) in [5.74, 6) is 0. The molecule has 2 aromatic rings. The number of halogens is 1. The Labute approximate surface area is 90.9 Å². The van der Waals surface area contributed by atoms with Crippen LogP contribution in [0.3, 0.4) is 0 Å². The van der Waals surface area contributed by atoms with Crippen LogP contribution < -0.4 is 0 Å². The van der Waals surface area contributed by atoms with Crippen molar-refractivity contribution in [3.8, 4) is 5.69 Å². The minimum atomic E-state index is 0.345. The maximum atomic E-state index is 4.08. The van der Waals surface area contributed by atoms with E-state index < -0.39 is 0 Å². The predicted molar refractivity (Wildman–Crippen MR) is 58.7 cm³/mol. The van der Waals surface area contributed by atoms with Crippen molar-refractivity contribution in [1.29, 1.82) is 0 Å². The van der Waals surface area contributed by atoms with E-state index in [4.69, 9.17) is 0 Å². The molecule has 72 valence electrons. The van der Waals surface area contributed by atoms with Crippen LogP contribution >= 0.6 is 15.9 Å². The first-order valence-electron chi connectivity index (χ1n) is 4.38. The second-order valence-corrected chi connectivity index (χ2v) is 4.40. The molecular formula is C10H10BrN3. The summed E-state index contributed by atoms with van der Waals surface area (Å²) in [6, 6.07) is 8.14. The van der Waals surface area contributed by atoms with Gasteiger partial charge in [0.15, 0.2) is 0 Å². The van der Waals surface area contributed by atoms with Gasteiger partial charge in [-0.2, -0.15) is 15.0 Å². The van der Waals surface area contributed by atoms with Crippen molar-refractivity contribution in [2.45, 2.75) is 11.8 Å². The van der Waals surface area contributed by atoms with Crippen LogP contribution in [0.25, 0.3) is 5.69 Å².